The third kappa shape index (κ3) is 4.23. The topological polar surface area (TPSA) is 58.6 Å². The average Bonchev–Trinajstić information content (AvgIpc) is 3.08. The second-order valence-electron chi connectivity index (χ2n) is 7.85. The summed E-state index contributed by atoms with van der Waals surface area (Å²) in [6.07, 6.45) is 0. The molecule has 30 heavy (non-hydrogen) atoms. The molecule has 3 heterocycles. The fourth-order valence-corrected chi connectivity index (χ4v) is 4.92. The van der Waals surface area contributed by atoms with Gasteiger partial charge in [-0.2, -0.15) is 4.98 Å². The highest BCUT2D eigenvalue weighted by Gasteiger charge is 2.26. The summed E-state index contributed by atoms with van der Waals surface area (Å²) in [5.74, 6) is 0.781. The minimum absolute atomic E-state index is 0.200. The van der Waals surface area contributed by atoms with E-state index in [1.165, 1.54) is 17.0 Å². The Hall–Kier alpha value is -2.38. The number of piperazine rings is 1. The smallest absolute Gasteiger partial charge is 0.348 e. The predicted octanol–water partition coefficient (Wildman–Crippen LogP) is 4.79. The molecule has 158 valence electrons. The Labute approximate surface area is 185 Å². The van der Waals surface area contributed by atoms with Crippen LogP contribution < -0.4 is 9.80 Å². The first-order valence-electron chi connectivity index (χ1n) is 10.1. The molecule has 0 bridgehead atoms. The number of fused-ring (bicyclic) bond motifs is 1. The van der Waals surface area contributed by atoms with Crippen LogP contribution in [0, 0.1) is 12.8 Å². The summed E-state index contributed by atoms with van der Waals surface area (Å²) in [4.78, 5) is 27.4. The second kappa shape index (κ2) is 8.78. The van der Waals surface area contributed by atoms with E-state index in [1.54, 1.807) is 0 Å². The molecule has 0 amide bonds. The molecule has 1 fully saturated rings. The number of para-hydroxylation sites is 1. The lowest BCUT2D eigenvalue weighted by Gasteiger charge is -2.37. The van der Waals surface area contributed by atoms with Gasteiger partial charge in [-0.1, -0.05) is 32.0 Å². The van der Waals surface area contributed by atoms with Crippen molar-refractivity contribution in [1.29, 1.82) is 0 Å². The molecule has 6 nitrogen and oxygen atoms in total. The molecule has 1 aromatic carbocycles. The van der Waals surface area contributed by atoms with E-state index in [4.69, 9.17) is 16.3 Å². The van der Waals surface area contributed by atoms with Crippen molar-refractivity contribution in [1.82, 2.24) is 9.97 Å². The zero-order chi connectivity index (χ0) is 21.3. The number of rotatable bonds is 5. The number of hydrogen-bond acceptors (Lipinski definition) is 7. The monoisotopic (exact) mass is 444 g/mol. The Morgan fingerprint density at radius 1 is 1.13 bits per heavy atom. The quantitative estimate of drug-likeness (QED) is 0.416. The molecule has 0 saturated carbocycles. The lowest BCUT2D eigenvalue weighted by molar-refractivity contribution is 0.0464. The third-order valence-electron chi connectivity index (χ3n) is 5.18. The van der Waals surface area contributed by atoms with Gasteiger partial charge in [-0.15, -0.1) is 11.3 Å². The number of halogens is 1. The summed E-state index contributed by atoms with van der Waals surface area (Å²) >= 11 is 7.57. The number of thiophene rings is 1. The molecule has 3 aromatic rings. The first-order valence-corrected chi connectivity index (χ1v) is 11.3. The normalized spacial score (nSPS) is 14.6. The average molecular weight is 445 g/mol. The van der Waals surface area contributed by atoms with E-state index in [2.05, 4.69) is 44.0 Å². The van der Waals surface area contributed by atoms with Crippen LogP contribution in [0.15, 0.2) is 30.3 Å². The molecule has 4 rings (SSSR count). The largest absolute Gasteiger partial charge is 0.461 e. The van der Waals surface area contributed by atoms with Crippen molar-refractivity contribution in [2.45, 2.75) is 20.8 Å². The molecule has 8 heteroatoms. The first-order chi connectivity index (χ1) is 14.4. The molecule has 0 unspecified atom stereocenters. The summed E-state index contributed by atoms with van der Waals surface area (Å²) in [6, 6.07) is 10.4. The van der Waals surface area contributed by atoms with Crippen LogP contribution in [0.4, 0.5) is 11.5 Å². The Kier molecular flexibility index (Phi) is 6.11. The van der Waals surface area contributed by atoms with Crippen LogP contribution in [-0.2, 0) is 4.74 Å². The van der Waals surface area contributed by atoms with Gasteiger partial charge in [-0.3, -0.25) is 0 Å². The SMILES string of the molecule is Cc1c(C(=O)OCC(C)C)sc2nc(Cl)nc(N3CCN(c4ccccc4)CC3)c12. The third-order valence-corrected chi connectivity index (χ3v) is 6.51. The minimum atomic E-state index is -0.305. The number of carbonyl (C=O) groups excluding carboxylic acids is 1. The maximum atomic E-state index is 12.6. The zero-order valence-electron chi connectivity index (χ0n) is 17.4. The van der Waals surface area contributed by atoms with Gasteiger partial charge in [0.1, 0.15) is 15.5 Å². The highest BCUT2D eigenvalue weighted by molar-refractivity contribution is 7.20. The zero-order valence-corrected chi connectivity index (χ0v) is 19.0. The van der Waals surface area contributed by atoms with Gasteiger partial charge in [0, 0.05) is 31.9 Å². The van der Waals surface area contributed by atoms with E-state index in [9.17, 15) is 4.79 Å². The first kappa shape index (κ1) is 20.9. The van der Waals surface area contributed by atoms with E-state index in [1.807, 2.05) is 26.8 Å². The van der Waals surface area contributed by atoms with Gasteiger partial charge in [0.2, 0.25) is 5.28 Å². The second-order valence-corrected chi connectivity index (χ2v) is 9.19. The van der Waals surface area contributed by atoms with Crippen molar-refractivity contribution in [2.24, 2.45) is 5.92 Å². The molecule has 0 radical (unpaired) electrons. The van der Waals surface area contributed by atoms with Crippen LogP contribution in [0.2, 0.25) is 5.28 Å². The van der Waals surface area contributed by atoms with Crippen LogP contribution in [0.5, 0.6) is 0 Å². The number of hydrogen-bond donors (Lipinski definition) is 0. The summed E-state index contributed by atoms with van der Waals surface area (Å²) in [5.41, 5.74) is 2.09. The number of anilines is 2. The molecule has 1 saturated heterocycles. The minimum Gasteiger partial charge on any atom is -0.461 e. The molecular formula is C22H25ClN4O2S. The predicted molar refractivity (Wildman–Crippen MR) is 123 cm³/mol. The lowest BCUT2D eigenvalue weighted by Crippen LogP contribution is -2.47. The van der Waals surface area contributed by atoms with Crippen molar-refractivity contribution in [3.8, 4) is 0 Å². The number of nitrogens with zero attached hydrogens (tertiary/aromatic N) is 4. The maximum absolute atomic E-state index is 12.6. The fraction of sp³-hybridized carbons (Fsp3) is 0.409. The highest BCUT2D eigenvalue weighted by atomic mass is 35.5. The van der Waals surface area contributed by atoms with E-state index in [0.29, 0.717) is 11.5 Å². The standard InChI is InChI=1S/C22H25ClN4O2S/c1-14(2)13-29-21(28)18-15(3)17-19(24-22(23)25-20(17)30-18)27-11-9-26(10-12-27)16-7-5-4-6-8-16/h4-8,14H,9-13H2,1-3H3. The molecule has 0 N–H and O–H groups in total. The molecular weight excluding hydrogens is 420 g/mol. The number of aryl methyl sites for hydroxylation is 1. The number of aromatic nitrogens is 2. The van der Waals surface area contributed by atoms with Crippen molar-refractivity contribution < 1.29 is 9.53 Å². The van der Waals surface area contributed by atoms with Crippen LogP contribution in [0.3, 0.4) is 0 Å². The van der Waals surface area contributed by atoms with Gasteiger partial charge in [0.05, 0.1) is 12.0 Å². The summed E-state index contributed by atoms with van der Waals surface area (Å²) < 4.78 is 5.45. The summed E-state index contributed by atoms with van der Waals surface area (Å²) in [5, 5.41) is 1.10. The van der Waals surface area contributed by atoms with Crippen LogP contribution in [-0.4, -0.2) is 48.7 Å². The van der Waals surface area contributed by atoms with E-state index < -0.39 is 0 Å². The lowest BCUT2D eigenvalue weighted by atomic mass is 10.1. The van der Waals surface area contributed by atoms with Gasteiger partial charge in [-0.05, 0) is 42.1 Å². The van der Waals surface area contributed by atoms with Crippen molar-refractivity contribution in [3.63, 3.8) is 0 Å². The molecule has 0 spiro atoms. The molecule has 1 aliphatic rings. The van der Waals surface area contributed by atoms with Crippen molar-refractivity contribution >= 4 is 50.6 Å². The fourth-order valence-electron chi connectivity index (χ4n) is 3.64. The van der Waals surface area contributed by atoms with Gasteiger partial charge < -0.3 is 14.5 Å². The van der Waals surface area contributed by atoms with E-state index in [-0.39, 0.29) is 17.2 Å². The number of benzene rings is 1. The number of esters is 1. The van der Waals surface area contributed by atoms with E-state index >= 15 is 0 Å². The summed E-state index contributed by atoms with van der Waals surface area (Å²) in [7, 11) is 0. The Morgan fingerprint density at radius 2 is 1.80 bits per heavy atom. The van der Waals surface area contributed by atoms with Crippen LogP contribution in [0.1, 0.15) is 29.1 Å². The number of ether oxygens (including phenoxy) is 1. The summed E-state index contributed by atoms with van der Waals surface area (Å²) in [6.45, 7) is 9.78. The Morgan fingerprint density at radius 3 is 2.47 bits per heavy atom. The number of carbonyl (C=O) groups is 1. The molecule has 2 aromatic heterocycles. The van der Waals surface area contributed by atoms with Crippen LogP contribution in [0.25, 0.3) is 10.2 Å². The maximum Gasteiger partial charge on any atom is 0.348 e. The molecule has 0 aliphatic carbocycles. The van der Waals surface area contributed by atoms with E-state index in [0.717, 1.165) is 47.8 Å². The van der Waals surface area contributed by atoms with Crippen molar-refractivity contribution in [2.75, 3.05) is 42.6 Å². The van der Waals surface area contributed by atoms with Crippen molar-refractivity contribution in [3.05, 3.63) is 46.1 Å². The Bertz CT molecular complexity index is 1050. The van der Waals surface area contributed by atoms with Gasteiger partial charge in [0.15, 0.2) is 0 Å². The van der Waals surface area contributed by atoms with Gasteiger partial charge >= 0.3 is 5.97 Å². The molecule has 1 aliphatic heterocycles. The van der Waals surface area contributed by atoms with Crippen LogP contribution >= 0.6 is 22.9 Å². The van der Waals surface area contributed by atoms with Gasteiger partial charge in [0.25, 0.3) is 0 Å². The molecule has 0 atom stereocenters. The van der Waals surface area contributed by atoms with Gasteiger partial charge in [-0.25, -0.2) is 9.78 Å². The Balaban J connectivity index is 1.61. The highest BCUT2D eigenvalue weighted by Crippen LogP contribution is 2.37.